The molecule has 0 saturated carbocycles. The van der Waals surface area contributed by atoms with Crippen molar-refractivity contribution in [3.05, 3.63) is 0 Å². The molecule has 2 unspecified atom stereocenters. The molecule has 1 saturated heterocycles. The van der Waals surface area contributed by atoms with Crippen LogP contribution in [-0.2, 0) is 4.79 Å². The third-order valence-electron chi connectivity index (χ3n) is 2.03. The molecule has 1 aliphatic heterocycles. The molecule has 2 atom stereocenters. The lowest BCUT2D eigenvalue weighted by Gasteiger charge is -2.41. The summed E-state index contributed by atoms with van der Waals surface area (Å²) in [6.07, 6.45) is -1.05. The molecule has 0 bridgehead atoms. The van der Waals surface area contributed by atoms with Crippen LogP contribution in [0.4, 0.5) is 4.79 Å². The van der Waals surface area contributed by atoms with Gasteiger partial charge in [0.05, 0.1) is 5.92 Å². The van der Waals surface area contributed by atoms with E-state index in [2.05, 4.69) is 0 Å². The fourth-order valence-corrected chi connectivity index (χ4v) is 1.15. The van der Waals surface area contributed by atoms with Crippen molar-refractivity contribution < 1.29 is 19.8 Å². The number of carboxylic acids is 1. The first kappa shape index (κ1) is 7.84. The first-order chi connectivity index (χ1) is 5.04. The molecule has 1 fully saturated rings. The Labute approximate surface area is 63.2 Å². The number of aliphatic carboxylic acids is 1. The van der Waals surface area contributed by atoms with E-state index in [0.717, 1.165) is 4.90 Å². The Morgan fingerprint density at radius 1 is 1.45 bits per heavy atom. The van der Waals surface area contributed by atoms with E-state index in [9.17, 15) is 9.59 Å². The van der Waals surface area contributed by atoms with Crippen molar-refractivity contribution in [3.8, 4) is 0 Å². The molecule has 1 rings (SSSR count). The molecule has 5 heteroatoms. The lowest BCUT2D eigenvalue weighted by Crippen LogP contribution is -2.59. The van der Waals surface area contributed by atoms with Crippen LogP contribution in [0.3, 0.4) is 0 Å². The smallest absolute Gasteiger partial charge is 0.407 e. The second-order valence-electron chi connectivity index (χ2n) is 2.62. The number of likely N-dealkylation sites (tertiary alicyclic amines) is 1. The molecule has 0 aromatic heterocycles. The zero-order valence-electron chi connectivity index (χ0n) is 6.02. The largest absolute Gasteiger partial charge is 0.481 e. The van der Waals surface area contributed by atoms with Crippen LogP contribution in [0.25, 0.3) is 0 Å². The monoisotopic (exact) mass is 159 g/mol. The Bertz CT molecular complexity index is 183. The summed E-state index contributed by atoms with van der Waals surface area (Å²) in [4.78, 5) is 21.7. The van der Waals surface area contributed by atoms with E-state index in [0.29, 0.717) is 0 Å². The zero-order valence-corrected chi connectivity index (χ0v) is 6.02. The van der Waals surface area contributed by atoms with Crippen molar-refractivity contribution in [2.24, 2.45) is 5.92 Å². The Morgan fingerprint density at radius 2 is 2.00 bits per heavy atom. The first-order valence-corrected chi connectivity index (χ1v) is 3.26. The van der Waals surface area contributed by atoms with Crippen molar-refractivity contribution >= 4 is 12.1 Å². The van der Waals surface area contributed by atoms with E-state index in [1.807, 2.05) is 0 Å². The van der Waals surface area contributed by atoms with Gasteiger partial charge in [-0.05, 0) is 6.92 Å². The van der Waals surface area contributed by atoms with Crippen molar-refractivity contribution in [1.82, 2.24) is 4.90 Å². The Hall–Kier alpha value is -1.26. The molecule has 62 valence electrons. The minimum atomic E-state index is -1.05. The van der Waals surface area contributed by atoms with Gasteiger partial charge in [-0.15, -0.1) is 0 Å². The van der Waals surface area contributed by atoms with Gasteiger partial charge in [-0.1, -0.05) is 0 Å². The highest BCUT2D eigenvalue weighted by molar-refractivity contribution is 5.76. The molecular weight excluding hydrogens is 150 g/mol. The molecule has 0 aromatic carbocycles. The number of carboxylic acid groups (broad SMARTS) is 2. The maximum Gasteiger partial charge on any atom is 0.407 e. The van der Waals surface area contributed by atoms with Crippen LogP contribution in [-0.4, -0.2) is 39.8 Å². The van der Waals surface area contributed by atoms with E-state index in [1.165, 1.54) is 0 Å². The Kier molecular flexibility index (Phi) is 1.72. The van der Waals surface area contributed by atoms with Crippen LogP contribution in [0.15, 0.2) is 0 Å². The first-order valence-electron chi connectivity index (χ1n) is 3.26. The Balaban J connectivity index is 2.50. The van der Waals surface area contributed by atoms with E-state index in [4.69, 9.17) is 10.2 Å². The summed E-state index contributed by atoms with van der Waals surface area (Å²) in [5, 5.41) is 16.9. The Morgan fingerprint density at radius 3 is 2.27 bits per heavy atom. The zero-order chi connectivity index (χ0) is 8.59. The molecule has 11 heavy (non-hydrogen) atoms. The van der Waals surface area contributed by atoms with Crippen LogP contribution in [0.2, 0.25) is 0 Å². The van der Waals surface area contributed by atoms with Gasteiger partial charge in [0, 0.05) is 12.6 Å². The maximum absolute atomic E-state index is 10.3. The predicted molar refractivity (Wildman–Crippen MR) is 35.3 cm³/mol. The van der Waals surface area contributed by atoms with Gasteiger partial charge in [0.2, 0.25) is 0 Å². The van der Waals surface area contributed by atoms with Gasteiger partial charge >= 0.3 is 12.1 Å². The lowest BCUT2D eigenvalue weighted by molar-refractivity contribution is -0.149. The number of hydrogen-bond acceptors (Lipinski definition) is 2. The third kappa shape index (κ3) is 1.13. The van der Waals surface area contributed by atoms with Crippen LogP contribution in [0.1, 0.15) is 6.92 Å². The average molecular weight is 159 g/mol. The van der Waals surface area contributed by atoms with Gasteiger partial charge in [0.25, 0.3) is 0 Å². The van der Waals surface area contributed by atoms with E-state index >= 15 is 0 Å². The second kappa shape index (κ2) is 2.41. The summed E-state index contributed by atoms with van der Waals surface area (Å²) in [7, 11) is 0. The third-order valence-corrected chi connectivity index (χ3v) is 2.03. The number of rotatable bonds is 1. The van der Waals surface area contributed by atoms with Gasteiger partial charge in [0.1, 0.15) is 0 Å². The molecule has 5 nitrogen and oxygen atoms in total. The second-order valence-corrected chi connectivity index (χ2v) is 2.62. The van der Waals surface area contributed by atoms with Crippen LogP contribution < -0.4 is 0 Å². The van der Waals surface area contributed by atoms with Crippen LogP contribution in [0.5, 0.6) is 0 Å². The van der Waals surface area contributed by atoms with Gasteiger partial charge < -0.3 is 15.1 Å². The highest BCUT2D eigenvalue weighted by Crippen LogP contribution is 2.24. The molecule has 1 aliphatic rings. The quantitative estimate of drug-likeness (QED) is 0.567. The topological polar surface area (TPSA) is 77.8 Å². The maximum atomic E-state index is 10.3. The molecule has 1 heterocycles. The molecular formula is C6H9NO4. The highest BCUT2D eigenvalue weighted by Gasteiger charge is 2.43. The minimum Gasteiger partial charge on any atom is -0.481 e. The summed E-state index contributed by atoms with van der Waals surface area (Å²) in [6.45, 7) is 1.71. The number of amides is 1. The van der Waals surface area contributed by atoms with Gasteiger partial charge in [-0.3, -0.25) is 4.79 Å². The molecule has 0 spiro atoms. The van der Waals surface area contributed by atoms with Crippen molar-refractivity contribution in [3.63, 3.8) is 0 Å². The van der Waals surface area contributed by atoms with Gasteiger partial charge in [-0.25, -0.2) is 4.79 Å². The number of nitrogens with zero attached hydrogens (tertiary/aromatic N) is 1. The number of carbonyl (C=O) groups is 2. The SMILES string of the molecule is CC1C(C(=O)O)CN1C(=O)O. The molecule has 0 aliphatic carbocycles. The summed E-state index contributed by atoms with van der Waals surface area (Å²) in [5.41, 5.74) is 0. The molecule has 0 radical (unpaired) electrons. The van der Waals surface area contributed by atoms with Gasteiger partial charge in [0.15, 0.2) is 0 Å². The van der Waals surface area contributed by atoms with E-state index in [1.54, 1.807) is 6.92 Å². The summed E-state index contributed by atoms with van der Waals surface area (Å²) in [5.74, 6) is -1.44. The fraction of sp³-hybridized carbons (Fsp3) is 0.667. The normalized spacial score (nSPS) is 29.4. The summed E-state index contributed by atoms with van der Waals surface area (Å²) in [6, 6.07) is -0.384. The van der Waals surface area contributed by atoms with Crippen molar-refractivity contribution in [2.45, 2.75) is 13.0 Å². The minimum absolute atomic E-state index is 0.117. The standard InChI is InChI=1S/C6H9NO4/c1-3-4(5(8)9)2-7(3)6(10)11/h3-4H,2H2,1H3,(H,8,9)(H,10,11). The van der Waals surface area contributed by atoms with Crippen molar-refractivity contribution in [2.75, 3.05) is 6.54 Å². The summed E-state index contributed by atoms with van der Waals surface area (Å²) < 4.78 is 0. The molecule has 1 amide bonds. The van der Waals surface area contributed by atoms with E-state index < -0.39 is 18.0 Å². The van der Waals surface area contributed by atoms with Gasteiger partial charge in [-0.2, -0.15) is 0 Å². The molecule has 0 aromatic rings. The van der Waals surface area contributed by atoms with E-state index in [-0.39, 0.29) is 12.6 Å². The molecule has 2 N–H and O–H groups in total. The lowest BCUT2D eigenvalue weighted by atomic mass is 9.91. The highest BCUT2D eigenvalue weighted by atomic mass is 16.4. The van der Waals surface area contributed by atoms with Crippen LogP contribution in [0, 0.1) is 5.92 Å². The fourth-order valence-electron chi connectivity index (χ4n) is 1.15. The predicted octanol–water partition coefficient (Wildman–Crippen LogP) is 0.0693. The van der Waals surface area contributed by atoms with Crippen molar-refractivity contribution in [1.29, 1.82) is 0 Å². The number of hydrogen-bond donors (Lipinski definition) is 2. The van der Waals surface area contributed by atoms with Crippen LogP contribution >= 0.6 is 0 Å². The average Bonchev–Trinajstić information content (AvgIpc) is 1.82. The summed E-state index contributed by atoms with van der Waals surface area (Å²) >= 11 is 0.